The van der Waals surface area contributed by atoms with E-state index >= 15 is 0 Å². The lowest BCUT2D eigenvalue weighted by atomic mass is 9.94. The second-order valence-corrected chi connectivity index (χ2v) is 7.09. The van der Waals surface area contributed by atoms with Crippen molar-refractivity contribution in [2.45, 2.75) is 18.8 Å². The number of ether oxygens (including phenoxy) is 2. The highest BCUT2D eigenvalue weighted by Gasteiger charge is 2.34. The van der Waals surface area contributed by atoms with Crippen molar-refractivity contribution in [3.05, 3.63) is 40.6 Å². The van der Waals surface area contributed by atoms with E-state index in [-0.39, 0.29) is 43.9 Å². The molecule has 0 atom stereocenters. The molecule has 134 valence electrons. The zero-order chi connectivity index (χ0) is 18.1. The maximum absolute atomic E-state index is 12.3. The molecule has 1 aromatic carbocycles. The standard InChI is InChI=1S/C18H16N2O5S/c21-16(19-12-3-4-13-14(8-12)25-10-24-13)9-20-17(22)6-11(7-18(20)23)15-2-1-5-26-15/h1-5,8,11H,6-7,9-10H2,(H,19,21). The van der Waals surface area contributed by atoms with Gasteiger partial charge < -0.3 is 14.8 Å². The van der Waals surface area contributed by atoms with E-state index in [0.29, 0.717) is 17.2 Å². The number of thiophene rings is 1. The Bertz CT molecular complexity index is 846. The van der Waals surface area contributed by atoms with E-state index < -0.39 is 5.91 Å². The van der Waals surface area contributed by atoms with Gasteiger partial charge in [-0.15, -0.1) is 11.3 Å². The maximum Gasteiger partial charge on any atom is 0.244 e. The summed E-state index contributed by atoms with van der Waals surface area (Å²) in [6.07, 6.45) is 0.479. The lowest BCUT2D eigenvalue weighted by molar-refractivity contribution is -0.150. The number of benzene rings is 1. The molecule has 0 bridgehead atoms. The number of amides is 3. The van der Waals surface area contributed by atoms with Crippen LogP contribution in [0.4, 0.5) is 5.69 Å². The van der Waals surface area contributed by atoms with E-state index in [4.69, 9.17) is 9.47 Å². The Morgan fingerprint density at radius 2 is 1.92 bits per heavy atom. The van der Waals surface area contributed by atoms with Gasteiger partial charge in [0.05, 0.1) is 0 Å². The summed E-state index contributed by atoms with van der Waals surface area (Å²) >= 11 is 1.54. The minimum Gasteiger partial charge on any atom is -0.454 e. The molecule has 8 heteroatoms. The average molecular weight is 372 g/mol. The van der Waals surface area contributed by atoms with Crippen LogP contribution in [0.2, 0.25) is 0 Å². The molecule has 0 radical (unpaired) electrons. The van der Waals surface area contributed by atoms with E-state index in [9.17, 15) is 14.4 Å². The molecule has 7 nitrogen and oxygen atoms in total. The molecule has 4 rings (SSSR count). The van der Waals surface area contributed by atoms with E-state index in [2.05, 4.69) is 5.32 Å². The van der Waals surface area contributed by atoms with E-state index in [1.165, 1.54) is 11.3 Å². The van der Waals surface area contributed by atoms with Crippen molar-refractivity contribution in [1.29, 1.82) is 0 Å². The molecule has 1 saturated heterocycles. The molecule has 1 aromatic heterocycles. The minimum absolute atomic E-state index is 0.0943. The molecule has 3 amide bonds. The Morgan fingerprint density at radius 3 is 2.65 bits per heavy atom. The SMILES string of the molecule is O=C(CN1C(=O)CC(c2cccs2)CC1=O)Nc1ccc2c(c1)OCO2. The molecule has 0 unspecified atom stereocenters. The smallest absolute Gasteiger partial charge is 0.244 e. The Kier molecular flexibility index (Phi) is 4.34. The summed E-state index contributed by atoms with van der Waals surface area (Å²) in [6, 6.07) is 8.85. The van der Waals surface area contributed by atoms with E-state index in [1.807, 2.05) is 17.5 Å². The fourth-order valence-electron chi connectivity index (χ4n) is 3.07. The first-order valence-electron chi connectivity index (χ1n) is 8.16. The summed E-state index contributed by atoms with van der Waals surface area (Å²) in [6.45, 7) is -0.141. The number of piperidine rings is 1. The topological polar surface area (TPSA) is 84.9 Å². The van der Waals surface area contributed by atoms with Crippen LogP contribution in [0.25, 0.3) is 0 Å². The van der Waals surface area contributed by atoms with Gasteiger partial charge in [0, 0.05) is 35.4 Å². The number of carbonyl (C=O) groups is 3. The van der Waals surface area contributed by atoms with Gasteiger partial charge in [-0.3, -0.25) is 19.3 Å². The quantitative estimate of drug-likeness (QED) is 0.833. The molecule has 0 aliphatic carbocycles. The zero-order valence-corrected chi connectivity index (χ0v) is 14.6. The van der Waals surface area contributed by atoms with Crippen molar-refractivity contribution in [3.63, 3.8) is 0 Å². The number of likely N-dealkylation sites (tertiary alicyclic amines) is 1. The predicted octanol–water partition coefficient (Wildman–Crippen LogP) is 2.35. The van der Waals surface area contributed by atoms with Gasteiger partial charge in [0.15, 0.2) is 11.5 Å². The van der Waals surface area contributed by atoms with Crippen LogP contribution in [0.1, 0.15) is 23.6 Å². The van der Waals surface area contributed by atoms with Gasteiger partial charge in [-0.1, -0.05) is 6.07 Å². The Labute approximate surface area is 153 Å². The fourth-order valence-corrected chi connectivity index (χ4v) is 3.90. The largest absolute Gasteiger partial charge is 0.454 e. The molecule has 0 spiro atoms. The van der Waals surface area contributed by atoms with Crippen molar-refractivity contribution in [1.82, 2.24) is 4.90 Å². The summed E-state index contributed by atoms with van der Waals surface area (Å²) in [7, 11) is 0. The molecule has 1 N–H and O–H groups in total. The highest BCUT2D eigenvalue weighted by atomic mass is 32.1. The van der Waals surface area contributed by atoms with Gasteiger partial charge in [-0.2, -0.15) is 0 Å². The lowest BCUT2D eigenvalue weighted by Crippen LogP contribution is -2.46. The number of nitrogens with one attached hydrogen (secondary N) is 1. The van der Waals surface area contributed by atoms with Crippen LogP contribution >= 0.6 is 11.3 Å². The molecule has 1 fully saturated rings. The third-order valence-corrected chi connectivity index (χ3v) is 5.38. The van der Waals surface area contributed by atoms with Crippen LogP contribution in [0.15, 0.2) is 35.7 Å². The Morgan fingerprint density at radius 1 is 1.15 bits per heavy atom. The molecule has 0 saturated carbocycles. The first kappa shape index (κ1) is 16.6. The molecular formula is C18H16N2O5S. The molecule has 3 heterocycles. The van der Waals surface area contributed by atoms with Gasteiger partial charge >= 0.3 is 0 Å². The molecule has 2 aliphatic heterocycles. The summed E-state index contributed by atoms with van der Waals surface area (Å²) in [5.74, 6) is 0.00000190. The maximum atomic E-state index is 12.3. The van der Waals surface area contributed by atoms with Crippen molar-refractivity contribution < 1.29 is 23.9 Å². The van der Waals surface area contributed by atoms with Gasteiger partial charge in [-0.05, 0) is 23.6 Å². The fraction of sp³-hybridized carbons (Fsp3) is 0.278. The van der Waals surface area contributed by atoms with E-state index in [0.717, 1.165) is 9.78 Å². The third kappa shape index (κ3) is 3.28. The lowest BCUT2D eigenvalue weighted by Gasteiger charge is -2.29. The molecular weight excluding hydrogens is 356 g/mol. The second kappa shape index (κ2) is 6.80. The monoisotopic (exact) mass is 372 g/mol. The van der Waals surface area contributed by atoms with E-state index in [1.54, 1.807) is 18.2 Å². The summed E-state index contributed by atoms with van der Waals surface area (Å²) in [5, 5.41) is 4.61. The van der Waals surface area contributed by atoms with Gasteiger partial charge in [0.25, 0.3) is 0 Å². The van der Waals surface area contributed by atoms with Crippen LogP contribution < -0.4 is 14.8 Å². The average Bonchev–Trinajstić information content (AvgIpc) is 3.29. The van der Waals surface area contributed by atoms with Crippen molar-refractivity contribution in [2.75, 3.05) is 18.7 Å². The first-order valence-corrected chi connectivity index (χ1v) is 9.04. The molecule has 2 aliphatic rings. The third-order valence-electron chi connectivity index (χ3n) is 4.35. The van der Waals surface area contributed by atoms with Crippen LogP contribution in [-0.2, 0) is 14.4 Å². The normalized spacial score (nSPS) is 16.8. The first-order chi connectivity index (χ1) is 12.6. The number of anilines is 1. The molecule has 2 aromatic rings. The number of fused-ring (bicyclic) bond motifs is 1. The number of rotatable bonds is 4. The van der Waals surface area contributed by atoms with Crippen molar-refractivity contribution >= 4 is 34.7 Å². The number of nitrogens with zero attached hydrogens (tertiary/aromatic N) is 1. The minimum atomic E-state index is -0.430. The second-order valence-electron chi connectivity index (χ2n) is 6.11. The number of imide groups is 1. The highest BCUT2D eigenvalue weighted by Crippen LogP contribution is 2.34. The van der Waals surface area contributed by atoms with Gasteiger partial charge in [0.1, 0.15) is 6.54 Å². The summed E-state index contributed by atoms with van der Waals surface area (Å²) in [5.41, 5.74) is 0.521. The van der Waals surface area contributed by atoms with Crippen molar-refractivity contribution in [2.24, 2.45) is 0 Å². The predicted molar refractivity (Wildman–Crippen MR) is 94.2 cm³/mol. The van der Waals surface area contributed by atoms with Crippen molar-refractivity contribution in [3.8, 4) is 11.5 Å². The van der Waals surface area contributed by atoms with Crippen LogP contribution in [-0.4, -0.2) is 36.0 Å². The zero-order valence-electron chi connectivity index (χ0n) is 13.8. The summed E-state index contributed by atoms with van der Waals surface area (Å²) in [4.78, 5) is 39.0. The van der Waals surface area contributed by atoms with Crippen LogP contribution in [0.3, 0.4) is 0 Å². The Balaban J connectivity index is 1.38. The highest BCUT2D eigenvalue weighted by molar-refractivity contribution is 7.10. The summed E-state index contributed by atoms with van der Waals surface area (Å²) < 4.78 is 10.5. The Hall–Kier alpha value is -2.87. The number of hydrogen-bond donors (Lipinski definition) is 1. The van der Waals surface area contributed by atoms with Gasteiger partial charge in [0.2, 0.25) is 24.5 Å². The van der Waals surface area contributed by atoms with Crippen LogP contribution in [0, 0.1) is 0 Å². The van der Waals surface area contributed by atoms with Gasteiger partial charge in [-0.25, -0.2) is 0 Å². The number of carbonyl (C=O) groups excluding carboxylic acids is 3. The molecule has 26 heavy (non-hydrogen) atoms. The van der Waals surface area contributed by atoms with Crippen LogP contribution in [0.5, 0.6) is 11.5 Å². The number of hydrogen-bond acceptors (Lipinski definition) is 6.